The third-order valence-electron chi connectivity index (χ3n) is 3.02. The van der Waals surface area contributed by atoms with E-state index < -0.39 is 16.1 Å². The highest BCUT2D eigenvalue weighted by molar-refractivity contribution is 7.90. The van der Waals surface area contributed by atoms with Crippen LogP contribution in [0.1, 0.15) is 6.92 Å². The van der Waals surface area contributed by atoms with Crippen LogP contribution >= 0.6 is 0 Å². The highest BCUT2D eigenvalue weighted by atomic mass is 32.2. The van der Waals surface area contributed by atoms with E-state index in [1.165, 1.54) is 19.2 Å². The first kappa shape index (κ1) is 16.5. The van der Waals surface area contributed by atoms with Crippen molar-refractivity contribution in [2.24, 2.45) is 4.99 Å². The average Bonchev–Trinajstić information content (AvgIpc) is 2.48. The molecule has 0 aromatic heterocycles. The van der Waals surface area contributed by atoms with Crippen LogP contribution in [0.3, 0.4) is 0 Å². The molecule has 1 aromatic carbocycles. The predicted molar refractivity (Wildman–Crippen MR) is 82.0 cm³/mol. The molecule has 1 aliphatic heterocycles. The summed E-state index contributed by atoms with van der Waals surface area (Å²) < 4.78 is 31.9. The highest BCUT2D eigenvalue weighted by Crippen LogP contribution is 2.15. The number of β-amino-alcohol motifs (C(OH)–C–C–N with tert-alkyl or cyclic N) is 1. The zero-order chi connectivity index (χ0) is 16.2. The Hall–Kier alpha value is -1.84. The Balaban J connectivity index is 2.01. The van der Waals surface area contributed by atoms with E-state index in [4.69, 9.17) is 4.74 Å². The van der Waals surface area contributed by atoms with Crippen LogP contribution in [0.2, 0.25) is 0 Å². The lowest BCUT2D eigenvalue weighted by molar-refractivity contribution is 0.123. The summed E-state index contributed by atoms with van der Waals surface area (Å²) in [5.74, 6) is 0.776. The number of ether oxygens (including phenoxy) is 1. The molecule has 2 rings (SSSR count). The van der Waals surface area contributed by atoms with Crippen LogP contribution in [-0.2, 0) is 10.0 Å². The van der Waals surface area contributed by atoms with Crippen LogP contribution < -0.4 is 14.8 Å². The van der Waals surface area contributed by atoms with Gasteiger partial charge in [-0.2, -0.15) is 0 Å². The molecule has 0 saturated carbocycles. The second-order valence-corrected chi connectivity index (χ2v) is 6.65. The van der Waals surface area contributed by atoms with Gasteiger partial charge in [0.15, 0.2) is 0 Å². The van der Waals surface area contributed by atoms with Crippen molar-refractivity contribution in [3.8, 4) is 5.75 Å². The minimum atomic E-state index is -3.69. The summed E-state index contributed by atoms with van der Waals surface area (Å²) in [6.45, 7) is 2.88. The van der Waals surface area contributed by atoms with Crippen molar-refractivity contribution in [3.63, 3.8) is 0 Å². The molecule has 0 saturated heterocycles. The number of benzene rings is 1. The van der Waals surface area contributed by atoms with Gasteiger partial charge in [0, 0.05) is 6.54 Å². The van der Waals surface area contributed by atoms with Crippen LogP contribution in [0.25, 0.3) is 0 Å². The Kier molecular flexibility index (Phi) is 5.22. The predicted octanol–water partition coefficient (Wildman–Crippen LogP) is -0.469. The second-order valence-electron chi connectivity index (χ2n) is 4.97. The Morgan fingerprint density at radius 2 is 2.14 bits per heavy atom. The van der Waals surface area contributed by atoms with Gasteiger partial charge in [-0.1, -0.05) is 0 Å². The Morgan fingerprint density at radius 3 is 2.64 bits per heavy atom. The van der Waals surface area contributed by atoms with E-state index in [9.17, 15) is 13.5 Å². The SMILES string of the molecule is COc1ccc(S(=O)(=O)NC2=NCN(C[C@@H](C)O)CN2)cc1. The van der Waals surface area contributed by atoms with Crippen molar-refractivity contribution in [1.82, 2.24) is 14.9 Å². The minimum Gasteiger partial charge on any atom is -0.497 e. The van der Waals surface area contributed by atoms with Crippen molar-refractivity contribution >= 4 is 16.0 Å². The lowest BCUT2D eigenvalue weighted by atomic mass is 10.3. The normalized spacial score (nSPS) is 17.3. The molecule has 1 aromatic rings. The molecule has 22 heavy (non-hydrogen) atoms. The fourth-order valence-electron chi connectivity index (χ4n) is 1.97. The molecular weight excluding hydrogens is 308 g/mol. The van der Waals surface area contributed by atoms with E-state index in [-0.39, 0.29) is 10.9 Å². The summed E-state index contributed by atoms with van der Waals surface area (Å²) in [6.07, 6.45) is -0.463. The summed E-state index contributed by atoms with van der Waals surface area (Å²) in [6, 6.07) is 6.08. The van der Waals surface area contributed by atoms with Gasteiger partial charge in [0.1, 0.15) is 5.75 Å². The Labute approximate surface area is 129 Å². The summed E-state index contributed by atoms with van der Waals surface area (Å²) >= 11 is 0. The zero-order valence-electron chi connectivity index (χ0n) is 12.5. The molecule has 0 radical (unpaired) electrons. The zero-order valence-corrected chi connectivity index (χ0v) is 13.3. The quantitative estimate of drug-likeness (QED) is 0.675. The van der Waals surface area contributed by atoms with Gasteiger partial charge >= 0.3 is 0 Å². The lowest BCUT2D eigenvalue weighted by Crippen LogP contribution is -2.51. The first-order valence-corrected chi connectivity index (χ1v) is 8.24. The number of aliphatic hydroxyl groups is 1. The molecule has 122 valence electrons. The van der Waals surface area contributed by atoms with Gasteiger partial charge in [-0.3, -0.25) is 4.90 Å². The Morgan fingerprint density at radius 1 is 1.45 bits per heavy atom. The van der Waals surface area contributed by atoms with Gasteiger partial charge in [0.05, 0.1) is 31.4 Å². The third kappa shape index (κ3) is 4.33. The lowest BCUT2D eigenvalue weighted by Gasteiger charge is -2.27. The molecule has 0 fully saturated rings. The fourth-order valence-corrected chi connectivity index (χ4v) is 2.97. The van der Waals surface area contributed by atoms with E-state index in [2.05, 4.69) is 15.0 Å². The number of nitrogens with one attached hydrogen (secondary N) is 2. The van der Waals surface area contributed by atoms with Crippen molar-refractivity contribution in [2.45, 2.75) is 17.9 Å². The van der Waals surface area contributed by atoms with E-state index in [0.29, 0.717) is 25.6 Å². The summed E-state index contributed by atoms with van der Waals surface area (Å²) in [5.41, 5.74) is 0. The molecule has 0 spiro atoms. The minimum absolute atomic E-state index is 0.129. The molecule has 0 aliphatic carbocycles. The first-order chi connectivity index (χ1) is 10.4. The van der Waals surface area contributed by atoms with Crippen LogP contribution in [-0.4, -0.2) is 57.5 Å². The van der Waals surface area contributed by atoms with E-state index in [1.54, 1.807) is 19.1 Å². The fraction of sp³-hybridized carbons (Fsp3) is 0.462. The van der Waals surface area contributed by atoms with Gasteiger partial charge in [0.2, 0.25) is 5.96 Å². The van der Waals surface area contributed by atoms with Crippen LogP contribution in [0.15, 0.2) is 34.2 Å². The van der Waals surface area contributed by atoms with Gasteiger partial charge < -0.3 is 15.2 Å². The van der Waals surface area contributed by atoms with Crippen LogP contribution in [0, 0.1) is 0 Å². The topological polar surface area (TPSA) is 103 Å². The van der Waals surface area contributed by atoms with Gasteiger partial charge in [-0.15, -0.1) is 0 Å². The molecule has 0 bridgehead atoms. The molecule has 0 amide bonds. The third-order valence-corrected chi connectivity index (χ3v) is 4.38. The number of hydrogen-bond donors (Lipinski definition) is 3. The van der Waals surface area contributed by atoms with Crippen molar-refractivity contribution in [2.75, 3.05) is 27.0 Å². The maximum Gasteiger partial charge on any atom is 0.264 e. The molecule has 0 unspecified atom stereocenters. The van der Waals surface area contributed by atoms with Crippen LogP contribution in [0.5, 0.6) is 5.75 Å². The number of aliphatic imine (C=N–C) groups is 1. The van der Waals surface area contributed by atoms with Crippen LogP contribution in [0.4, 0.5) is 0 Å². The molecule has 1 heterocycles. The number of rotatable bonds is 5. The van der Waals surface area contributed by atoms with E-state index in [1.807, 2.05) is 4.90 Å². The van der Waals surface area contributed by atoms with E-state index in [0.717, 1.165) is 0 Å². The first-order valence-electron chi connectivity index (χ1n) is 6.76. The monoisotopic (exact) mass is 328 g/mol. The molecule has 8 nitrogen and oxygen atoms in total. The van der Waals surface area contributed by atoms with Crippen molar-refractivity contribution in [1.29, 1.82) is 0 Å². The van der Waals surface area contributed by atoms with Crippen molar-refractivity contribution in [3.05, 3.63) is 24.3 Å². The number of sulfonamides is 1. The number of guanidine groups is 1. The number of methoxy groups -OCH3 is 1. The molecule has 1 aliphatic rings. The van der Waals surface area contributed by atoms with Crippen molar-refractivity contribution < 1.29 is 18.3 Å². The largest absolute Gasteiger partial charge is 0.497 e. The summed E-state index contributed by atoms with van der Waals surface area (Å²) in [5, 5.41) is 12.2. The highest BCUT2D eigenvalue weighted by Gasteiger charge is 2.19. The van der Waals surface area contributed by atoms with Gasteiger partial charge in [-0.05, 0) is 31.2 Å². The molecular formula is C13H20N4O4S. The smallest absolute Gasteiger partial charge is 0.264 e. The average molecular weight is 328 g/mol. The maximum atomic E-state index is 12.2. The number of nitrogens with zero attached hydrogens (tertiary/aromatic N) is 2. The number of aliphatic hydroxyl groups excluding tert-OH is 1. The summed E-state index contributed by atoms with van der Waals surface area (Å²) in [4.78, 5) is 6.10. The number of hydrogen-bond acceptors (Lipinski definition) is 7. The summed E-state index contributed by atoms with van der Waals surface area (Å²) in [7, 11) is -2.18. The Bertz CT molecular complexity index is 628. The van der Waals surface area contributed by atoms with Gasteiger partial charge in [-0.25, -0.2) is 18.1 Å². The van der Waals surface area contributed by atoms with E-state index >= 15 is 0 Å². The second kappa shape index (κ2) is 6.95. The van der Waals surface area contributed by atoms with Gasteiger partial charge in [0.25, 0.3) is 10.0 Å². The molecule has 9 heteroatoms. The molecule has 1 atom stereocenters. The molecule has 3 N–H and O–H groups in total. The standard InChI is InChI=1S/C13H20N4O4S/c1-10(18)7-17-8-14-13(15-9-17)16-22(19,20)12-5-3-11(21-2)4-6-12/h3-6,10,18H,7-9H2,1-2H3,(H2,14,15,16)/t10-/m1/s1. The maximum absolute atomic E-state index is 12.2.